The van der Waals surface area contributed by atoms with Gasteiger partial charge >= 0.3 is 5.97 Å². The van der Waals surface area contributed by atoms with Crippen LogP contribution in [0.3, 0.4) is 0 Å². The number of benzene rings is 3. The van der Waals surface area contributed by atoms with Crippen molar-refractivity contribution in [1.82, 2.24) is 0 Å². The van der Waals surface area contributed by atoms with Crippen molar-refractivity contribution in [3.05, 3.63) is 88.6 Å². The van der Waals surface area contributed by atoms with Gasteiger partial charge in [0, 0.05) is 29.8 Å². The zero-order chi connectivity index (χ0) is 22.7. The van der Waals surface area contributed by atoms with E-state index in [-0.39, 0.29) is 11.3 Å². The molecule has 32 heavy (non-hydrogen) atoms. The Labute approximate surface area is 183 Å². The molecule has 7 nitrogen and oxygen atoms in total. The molecular formula is C25H19NO6. The van der Waals surface area contributed by atoms with Gasteiger partial charge in [-0.05, 0) is 60.7 Å². The lowest BCUT2D eigenvalue weighted by Gasteiger charge is -2.08. The van der Waals surface area contributed by atoms with Crippen LogP contribution in [-0.2, 0) is 4.79 Å². The first kappa shape index (κ1) is 20.9. The van der Waals surface area contributed by atoms with Gasteiger partial charge in [-0.25, -0.2) is 0 Å². The molecule has 7 heteroatoms. The van der Waals surface area contributed by atoms with Gasteiger partial charge in [0.25, 0.3) is 5.91 Å². The first-order valence-electron chi connectivity index (χ1n) is 9.75. The number of nitrogens with one attached hydrogen (secondary N) is 1. The minimum atomic E-state index is -0.461. The first-order valence-corrected chi connectivity index (χ1v) is 9.75. The molecule has 0 saturated carbocycles. The molecule has 4 rings (SSSR count). The number of methoxy groups -OCH3 is 1. The van der Waals surface area contributed by atoms with Crippen molar-refractivity contribution >= 4 is 28.5 Å². The summed E-state index contributed by atoms with van der Waals surface area (Å²) in [7, 11) is 1.54. The van der Waals surface area contributed by atoms with Crippen LogP contribution in [0.4, 0.5) is 5.69 Å². The van der Waals surface area contributed by atoms with Crippen molar-refractivity contribution in [3.8, 4) is 22.8 Å². The normalized spacial score (nSPS) is 10.6. The SMILES string of the molecule is COc1ccc2oc(-c3ccc(NC(=O)c4cccc(OC(C)=O)c4)cc3)cc(=O)c2c1. The number of amides is 1. The Kier molecular flexibility index (Phi) is 5.72. The quantitative estimate of drug-likeness (QED) is 0.367. The highest BCUT2D eigenvalue weighted by molar-refractivity contribution is 6.04. The molecule has 3 aromatic carbocycles. The summed E-state index contributed by atoms with van der Waals surface area (Å²) in [4.78, 5) is 36.1. The van der Waals surface area contributed by atoms with Gasteiger partial charge < -0.3 is 19.2 Å². The largest absolute Gasteiger partial charge is 0.497 e. The fraction of sp³-hybridized carbons (Fsp3) is 0.0800. The van der Waals surface area contributed by atoms with Gasteiger partial charge in [0.2, 0.25) is 0 Å². The van der Waals surface area contributed by atoms with Crippen LogP contribution in [0.2, 0.25) is 0 Å². The van der Waals surface area contributed by atoms with E-state index in [2.05, 4.69) is 5.32 Å². The van der Waals surface area contributed by atoms with Crippen LogP contribution in [0.1, 0.15) is 17.3 Å². The van der Waals surface area contributed by atoms with Crippen molar-refractivity contribution in [2.45, 2.75) is 6.92 Å². The molecule has 0 atom stereocenters. The van der Waals surface area contributed by atoms with Gasteiger partial charge in [0.1, 0.15) is 22.8 Å². The van der Waals surface area contributed by atoms with Crippen LogP contribution in [0.5, 0.6) is 11.5 Å². The maximum atomic E-state index is 12.5. The molecule has 0 radical (unpaired) electrons. The smallest absolute Gasteiger partial charge is 0.308 e. The van der Waals surface area contributed by atoms with E-state index in [9.17, 15) is 14.4 Å². The van der Waals surface area contributed by atoms with E-state index in [4.69, 9.17) is 13.9 Å². The van der Waals surface area contributed by atoms with Crippen LogP contribution in [0.15, 0.2) is 82.0 Å². The maximum Gasteiger partial charge on any atom is 0.308 e. The second-order valence-electron chi connectivity index (χ2n) is 6.99. The number of fused-ring (bicyclic) bond motifs is 1. The Bertz CT molecular complexity index is 1370. The van der Waals surface area contributed by atoms with Crippen LogP contribution in [0, 0.1) is 0 Å². The Morgan fingerprint density at radius 2 is 1.69 bits per heavy atom. The van der Waals surface area contributed by atoms with Crippen molar-refractivity contribution < 1.29 is 23.5 Å². The molecule has 0 aliphatic carbocycles. The van der Waals surface area contributed by atoms with Gasteiger partial charge in [-0.15, -0.1) is 0 Å². The summed E-state index contributed by atoms with van der Waals surface area (Å²) in [6, 6.07) is 19.7. The second-order valence-corrected chi connectivity index (χ2v) is 6.99. The summed E-state index contributed by atoms with van der Waals surface area (Å²) in [6.45, 7) is 1.29. The van der Waals surface area contributed by atoms with Crippen LogP contribution < -0.4 is 20.2 Å². The van der Waals surface area contributed by atoms with Crippen LogP contribution in [0.25, 0.3) is 22.3 Å². The first-order chi connectivity index (χ1) is 15.4. The van der Waals surface area contributed by atoms with E-state index >= 15 is 0 Å². The lowest BCUT2D eigenvalue weighted by atomic mass is 10.1. The number of rotatable bonds is 5. The van der Waals surface area contributed by atoms with Crippen molar-refractivity contribution in [2.24, 2.45) is 0 Å². The van der Waals surface area contributed by atoms with Gasteiger partial charge in [-0.2, -0.15) is 0 Å². The Morgan fingerprint density at radius 3 is 2.41 bits per heavy atom. The molecule has 0 unspecified atom stereocenters. The Hall–Kier alpha value is -4.39. The molecule has 160 valence electrons. The van der Waals surface area contributed by atoms with Crippen molar-refractivity contribution in [1.29, 1.82) is 0 Å². The van der Waals surface area contributed by atoms with E-state index < -0.39 is 5.97 Å². The Morgan fingerprint density at radius 1 is 0.906 bits per heavy atom. The molecular weight excluding hydrogens is 410 g/mol. The highest BCUT2D eigenvalue weighted by Crippen LogP contribution is 2.26. The van der Waals surface area contributed by atoms with E-state index in [1.165, 1.54) is 26.2 Å². The van der Waals surface area contributed by atoms with Gasteiger partial charge in [0.05, 0.1) is 12.5 Å². The van der Waals surface area contributed by atoms with Crippen LogP contribution >= 0.6 is 0 Å². The molecule has 1 heterocycles. The van der Waals surface area contributed by atoms with E-state index in [1.54, 1.807) is 60.7 Å². The summed E-state index contributed by atoms with van der Waals surface area (Å²) in [5.41, 5.74) is 1.88. The average Bonchev–Trinajstić information content (AvgIpc) is 2.79. The molecule has 1 amide bonds. The van der Waals surface area contributed by atoms with E-state index in [0.717, 1.165) is 0 Å². The van der Waals surface area contributed by atoms with E-state index in [0.29, 0.717) is 45.0 Å². The zero-order valence-electron chi connectivity index (χ0n) is 17.4. The second kappa shape index (κ2) is 8.77. The average molecular weight is 429 g/mol. The lowest BCUT2D eigenvalue weighted by Crippen LogP contribution is -2.12. The molecule has 4 aromatic rings. The molecule has 1 N–H and O–H groups in total. The number of hydrogen-bond donors (Lipinski definition) is 1. The number of ether oxygens (including phenoxy) is 2. The third-order valence-corrected chi connectivity index (χ3v) is 4.72. The molecule has 0 aliphatic rings. The van der Waals surface area contributed by atoms with Gasteiger partial charge in [-0.3, -0.25) is 14.4 Å². The minimum absolute atomic E-state index is 0.176. The summed E-state index contributed by atoms with van der Waals surface area (Å²) < 4.78 is 16.0. The maximum absolute atomic E-state index is 12.5. The highest BCUT2D eigenvalue weighted by Gasteiger charge is 2.11. The molecule has 0 saturated heterocycles. The van der Waals surface area contributed by atoms with Crippen molar-refractivity contribution in [3.63, 3.8) is 0 Å². The number of carbonyl (C=O) groups excluding carboxylic acids is 2. The lowest BCUT2D eigenvalue weighted by molar-refractivity contribution is -0.131. The zero-order valence-corrected chi connectivity index (χ0v) is 17.4. The molecule has 0 spiro atoms. The Balaban J connectivity index is 1.54. The summed E-state index contributed by atoms with van der Waals surface area (Å²) in [5.74, 6) is 0.482. The number of esters is 1. The fourth-order valence-corrected chi connectivity index (χ4v) is 3.19. The third kappa shape index (κ3) is 4.52. The highest BCUT2D eigenvalue weighted by atomic mass is 16.5. The van der Waals surface area contributed by atoms with Gasteiger partial charge in [-0.1, -0.05) is 6.07 Å². The summed E-state index contributed by atoms with van der Waals surface area (Å²) in [6.07, 6.45) is 0. The van der Waals surface area contributed by atoms with Gasteiger partial charge in [0.15, 0.2) is 5.43 Å². The summed E-state index contributed by atoms with van der Waals surface area (Å²) in [5, 5.41) is 3.22. The third-order valence-electron chi connectivity index (χ3n) is 4.72. The van der Waals surface area contributed by atoms with Crippen LogP contribution in [-0.4, -0.2) is 19.0 Å². The minimum Gasteiger partial charge on any atom is -0.497 e. The molecule has 0 bridgehead atoms. The number of anilines is 1. The number of hydrogen-bond acceptors (Lipinski definition) is 6. The molecule has 0 aliphatic heterocycles. The summed E-state index contributed by atoms with van der Waals surface area (Å²) >= 11 is 0. The predicted molar refractivity (Wildman–Crippen MR) is 120 cm³/mol. The van der Waals surface area contributed by atoms with Crippen molar-refractivity contribution in [2.75, 3.05) is 12.4 Å². The topological polar surface area (TPSA) is 94.8 Å². The van der Waals surface area contributed by atoms with E-state index in [1.807, 2.05) is 0 Å². The monoisotopic (exact) mass is 429 g/mol. The molecule has 0 fully saturated rings. The molecule has 1 aromatic heterocycles. The standard InChI is InChI=1S/C25H19NO6/c1-15(27)31-20-5-3-4-17(12-20)25(29)26-18-8-6-16(7-9-18)24-14-22(28)21-13-19(30-2)10-11-23(21)32-24/h3-14H,1-2H3,(H,26,29). The fourth-order valence-electron chi connectivity index (χ4n) is 3.19. The predicted octanol–water partition coefficient (Wildman–Crippen LogP) is 4.65. The number of carbonyl (C=O) groups is 2.